The fourth-order valence-corrected chi connectivity index (χ4v) is 2.82. The van der Waals surface area contributed by atoms with E-state index in [0.717, 1.165) is 18.5 Å². The summed E-state index contributed by atoms with van der Waals surface area (Å²) in [5.74, 6) is -0.0326. The molecule has 0 saturated carbocycles. The highest BCUT2D eigenvalue weighted by Crippen LogP contribution is 2.25. The highest BCUT2D eigenvalue weighted by molar-refractivity contribution is 5.89. The molecule has 2 rings (SSSR count). The van der Waals surface area contributed by atoms with Gasteiger partial charge in [0.2, 0.25) is 11.8 Å². The molecule has 0 bridgehead atoms. The second kappa shape index (κ2) is 6.58. The molecule has 0 aromatic carbocycles. The molecule has 2 amide bonds. The number of nitrogens with zero attached hydrogens (tertiary/aromatic N) is 3. The van der Waals surface area contributed by atoms with E-state index in [1.807, 2.05) is 19.0 Å². The van der Waals surface area contributed by atoms with Crippen LogP contribution in [0.25, 0.3) is 0 Å². The number of aliphatic hydroxyl groups excluding tert-OH is 1. The predicted molar refractivity (Wildman–Crippen MR) is 79.6 cm³/mol. The quantitative estimate of drug-likeness (QED) is 0.707. The van der Waals surface area contributed by atoms with Gasteiger partial charge in [0, 0.05) is 26.1 Å². The highest BCUT2D eigenvalue weighted by Gasteiger charge is 2.41. The van der Waals surface area contributed by atoms with Crippen molar-refractivity contribution in [2.45, 2.75) is 31.4 Å². The minimum Gasteiger partial charge on any atom is -0.389 e. The van der Waals surface area contributed by atoms with Gasteiger partial charge in [-0.25, -0.2) is 0 Å². The van der Waals surface area contributed by atoms with Crippen molar-refractivity contribution in [2.75, 3.05) is 40.3 Å². The van der Waals surface area contributed by atoms with Crippen molar-refractivity contribution in [3.05, 3.63) is 12.2 Å². The first-order chi connectivity index (χ1) is 9.88. The van der Waals surface area contributed by atoms with Gasteiger partial charge in [0.25, 0.3) is 0 Å². The Kier molecular flexibility index (Phi) is 5.00. The number of hydrogen-bond donors (Lipinski definition) is 1. The van der Waals surface area contributed by atoms with Gasteiger partial charge >= 0.3 is 0 Å². The number of carbonyl (C=O) groups is 2. The highest BCUT2D eigenvalue weighted by atomic mass is 16.3. The van der Waals surface area contributed by atoms with Crippen LogP contribution in [0.3, 0.4) is 0 Å². The van der Waals surface area contributed by atoms with Gasteiger partial charge < -0.3 is 19.8 Å². The molecule has 2 fully saturated rings. The van der Waals surface area contributed by atoms with Crippen LogP contribution in [0, 0.1) is 0 Å². The fourth-order valence-electron chi connectivity index (χ4n) is 2.82. The van der Waals surface area contributed by atoms with Crippen LogP contribution in [0.15, 0.2) is 12.2 Å². The van der Waals surface area contributed by atoms with Crippen molar-refractivity contribution in [2.24, 2.45) is 0 Å². The van der Waals surface area contributed by atoms with E-state index < -0.39 is 12.1 Å². The molecule has 2 aliphatic rings. The molecule has 6 heteroatoms. The van der Waals surface area contributed by atoms with Crippen LogP contribution in [0.2, 0.25) is 0 Å². The molecule has 0 aromatic rings. The number of hydrogen-bond acceptors (Lipinski definition) is 4. The Morgan fingerprint density at radius 3 is 2.62 bits per heavy atom. The van der Waals surface area contributed by atoms with Gasteiger partial charge in [-0.05, 0) is 33.5 Å². The van der Waals surface area contributed by atoms with Gasteiger partial charge in [-0.3, -0.25) is 9.59 Å². The normalized spacial score (nSPS) is 22.9. The summed E-state index contributed by atoms with van der Waals surface area (Å²) in [7, 11) is 3.95. The molecule has 0 aromatic heterocycles. The Morgan fingerprint density at radius 1 is 1.38 bits per heavy atom. The van der Waals surface area contributed by atoms with E-state index in [4.69, 9.17) is 0 Å². The van der Waals surface area contributed by atoms with Crippen molar-refractivity contribution in [3.8, 4) is 0 Å². The number of aliphatic hydroxyl groups is 1. The monoisotopic (exact) mass is 295 g/mol. The van der Waals surface area contributed by atoms with Gasteiger partial charge in [-0.1, -0.05) is 12.2 Å². The molecule has 0 aliphatic carbocycles. The second-order valence-electron chi connectivity index (χ2n) is 6.30. The van der Waals surface area contributed by atoms with Crippen LogP contribution in [0.5, 0.6) is 0 Å². The smallest absolute Gasteiger partial charge is 0.245 e. The lowest BCUT2D eigenvalue weighted by atomic mass is 10.1. The topological polar surface area (TPSA) is 64.1 Å². The van der Waals surface area contributed by atoms with Crippen molar-refractivity contribution >= 4 is 11.8 Å². The van der Waals surface area contributed by atoms with Crippen molar-refractivity contribution in [3.63, 3.8) is 0 Å². The summed E-state index contributed by atoms with van der Waals surface area (Å²) in [6.07, 6.45) is 1.38. The SMILES string of the molecule is C=C1CC(C(=O)N2CC(O)C2)N(C(=O)CCCN(C)C)C1. The maximum absolute atomic E-state index is 12.4. The third kappa shape index (κ3) is 3.83. The zero-order valence-electron chi connectivity index (χ0n) is 12.9. The molecule has 0 radical (unpaired) electrons. The average molecular weight is 295 g/mol. The summed E-state index contributed by atoms with van der Waals surface area (Å²) in [5.41, 5.74) is 0.926. The molecular weight excluding hydrogens is 270 g/mol. The molecule has 6 nitrogen and oxygen atoms in total. The van der Waals surface area contributed by atoms with E-state index in [1.165, 1.54) is 0 Å². The largest absolute Gasteiger partial charge is 0.389 e. The predicted octanol–water partition coefficient (Wildman–Crippen LogP) is -0.312. The molecule has 21 heavy (non-hydrogen) atoms. The number of rotatable bonds is 5. The lowest BCUT2D eigenvalue weighted by molar-refractivity contribution is -0.150. The Labute approximate surface area is 126 Å². The van der Waals surface area contributed by atoms with Crippen LogP contribution >= 0.6 is 0 Å². The lowest BCUT2D eigenvalue weighted by Crippen LogP contribution is -2.58. The first-order valence-electron chi connectivity index (χ1n) is 7.46. The van der Waals surface area contributed by atoms with Crippen LogP contribution in [0.1, 0.15) is 19.3 Å². The number of likely N-dealkylation sites (tertiary alicyclic amines) is 2. The van der Waals surface area contributed by atoms with Crippen molar-refractivity contribution in [1.82, 2.24) is 14.7 Å². The number of amides is 2. The minimum absolute atomic E-state index is 0.0231. The minimum atomic E-state index is -0.420. The first-order valence-corrected chi connectivity index (χ1v) is 7.46. The van der Waals surface area contributed by atoms with Crippen molar-refractivity contribution in [1.29, 1.82) is 0 Å². The van der Waals surface area contributed by atoms with E-state index in [9.17, 15) is 14.7 Å². The van der Waals surface area contributed by atoms with Crippen molar-refractivity contribution < 1.29 is 14.7 Å². The fraction of sp³-hybridized carbons (Fsp3) is 0.733. The Balaban J connectivity index is 1.91. The van der Waals surface area contributed by atoms with E-state index in [0.29, 0.717) is 32.5 Å². The van der Waals surface area contributed by atoms with E-state index in [-0.39, 0.29) is 11.8 Å². The zero-order valence-corrected chi connectivity index (χ0v) is 12.9. The zero-order chi connectivity index (χ0) is 15.6. The standard InChI is InChI=1S/C15H25N3O3/c1-11-7-13(15(21)17-9-12(19)10-17)18(8-11)14(20)5-4-6-16(2)3/h12-13,19H,1,4-10H2,2-3H3. The molecule has 2 heterocycles. The lowest BCUT2D eigenvalue weighted by Gasteiger charge is -2.39. The molecule has 1 N–H and O–H groups in total. The molecule has 118 valence electrons. The van der Waals surface area contributed by atoms with E-state index >= 15 is 0 Å². The number of carbonyl (C=O) groups excluding carboxylic acids is 2. The Bertz CT molecular complexity index is 430. The van der Waals surface area contributed by atoms with Crippen LogP contribution in [0.4, 0.5) is 0 Å². The first kappa shape index (κ1) is 16.0. The van der Waals surface area contributed by atoms with Gasteiger partial charge in [-0.15, -0.1) is 0 Å². The third-order valence-corrected chi connectivity index (χ3v) is 4.03. The van der Waals surface area contributed by atoms with Crippen LogP contribution < -0.4 is 0 Å². The summed E-state index contributed by atoms with van der Waals surface area (Å²) >= 11 is 0. The van der Waals surface area contributed by atoms with Gasteiger partial charge in [-0.2, -0.15) is 0 Å². The van der Waals surface area contributed by atoms with Gasteiger partial charge in [0.1, 0.15) is 6.04 Å². The Hall–Kier alpha value is -1.40. The summed E-state index contributed by atoms with van der Waals surface area (Å²) in [4.78, 5) is 30.0. The molecular formula is C15H25N3O3. The van der Waals surface area contributed by atoms with Gasteiger partial charge in [0.05, 0.1) is 6.10 Å². The molecule has 0 spiro atoms. The molecule has 1 unspecified atom stereocenters. The second-order valence-corrected chi connectivity index (χ2v) is 6.30. The summed E-state index contributed by atoms with van der Waals surface area (Å²) < 4.78 is 0. The van der Waals surface area contributed by atoms with E-state index in [2.05, 4.69) is 6.58 Å². The summed E-state index contributed by atoms with van der Waals surface area (Å²) in [6, 6.07) is -0.420. The van der Waals surface area contributed by atoms with Gasteiger partial charge in [0.15, 0.2) is 0 Å². The maximum atomic E-state index is 12.4. The third-order valence-electron chi connectivity index (χ3n) is 4.03. The van der Waals surface area contributed by atoms with E-state index in [1.54, 1.807) is 9.80 Å². The maximum Gasteiger partial charge on any atom is 0.245 e. The van der Waals surface area contributed by atoms with Crippen LogP contribution in [-0.4, -0.2) is 84.0 Å². The summed E-state index contributed by atoms with van der Waals surface area (Å²) in [5, 5.41) is 9.31. The van der Waals surface area contributed by atoms with Crippen LogP contribution in [-0.2, 0) is 9.59 Å². The molecule has 2 aliphatic heterocycles. The molecule has 1 atom stereocenters. The molecule has 2 saturated heterocycles. The number of β-amino-alcohol motifs (C(OH)–C–C–N with tert-alkyl or cyclic N) is 1. The Morgan fingerprint density at radius 2 is 2.05 bits per heavy atom. The average Bonchev–Trinajstić information content (AvgIpc) is 2.76. The summed E-state index contributed by atoms with van der Waals surface area (Å²) in [6.45, 7) is 6.02.